The van der Waals surface area contributed by atoms with Gasteiger partial charge in [0.15, 0.2) is 24.0 Å². The van der Waals surface area contributed by atoms with Crippen LogP contribution in [0.5, 0.6) is 0 Å². The molecule has 214 valence electrons. The van der Waals surface area contributed by atoms with Crippen molar-refractivity contribution in [2.75, 3.05) is 18.9 Å². The maximum Gasteiger partial charge on any atom is 0.481 e. The number of nitrogen functional groups attached to an aromatic ring is 1. The topological polar surface area (TPSA) is 312 Å². The van der Waals surface area contributed by atoms with Gasteiger partial charge in [-0.2, -0.15) is 4.31 Å². The third-order valence-corrected chi connectivity index (χ3v) is 8.30. The monoisotopic (exact) mass is 589 g/mol. The van der Waals surface area contributed by atoms with Crippen molar-refractivity contribution in [1.29, 1.82) is 0 Å². The quantitative estimate of drug-likeness (QED) is 0.126. The van der Waals surface area contributed by atoms with Crippen LogP contribution < -0.4 is 5.73 Å². The summed E-state index contributed by atoms with van der Waals surface area (Å²) < 4.78 is 49.0. The number of phosphoric ester groups is 2. The number of ether oxygens (including phenoxy) is 2. The van der Waals surface area contributed by atoms with E-state index in [0.717, 1.165) is 6.33 Å². The molecule has 4 heterocycles. The first-order valence-corrected chi connectivity index (χ1v) is 13.7. The molecule has 4 rings (SSSR count). The molecule has 22 heteroatoms. The van der Waals surface area contributed by atoms with Crippen LogP contribution in [0.2, 0.25) is 0 Å². The number of phosphoric acid groups is 2. The van der Waals surface area contributed by atoms with E-state index >= 15 is 0 Å². The van der Waals surface area contributed by atoms with Crippen molar-refractivity contribution in [2.24, 2.45) is 0 Å². The molecule has 2 aliphatic rings. The minimum Gasteiger partial charge on any atom is -0.387 e. The molecule has 0 bridgehead atoms. The summed E-state index contributed by atoms with van der Waals surface area (Å²) in [6.07, 6.45) is -12.8. The largest absolute Gasteiger partial charge is 0.481 e. The summed E-state index contributed by atoms with van der Waals surface area (Å²) >= 11 is 0. The first-order valence-electron chi connectivity index (χ1n) is 10.7. The Balaban J connectivity index is 1.33. The van der Waals surface area contributed by atoms with E-state index < -0.39 is 84.1 Å². The van der Waals surface area contributed by atoms with Crippen LogP contribution in [0.25, 0.3) is 11.2 Å². The lowest BCUT2D eigenvalue weighted by Crippen LogP contribution is -2.58. The number of nitrogens with zero attached hydrogens (tertiary/aromatic N) is 4. The fourth-order valence-corrected chi connectivity index (χ4v) is 5.83. The van der Waals surface area contributed by atoms with E-state index in [9.17, 15) is 49.6 Å². The van der Waals surface area contributed by atoms with Crippen LogP contribution in [0.4, 0.5) is 5.82 Å². The Morgan fingerprint density at radius 2 is 1.42 bits per heavy atom. The van der Waals surface area contributed by atoms with Crippen LogP contribution in [0, 0.1) is 0 Å². The summed E-state index contributed by atoms with van der Waals surface area (Å²) in [6, 6.07) is 0. The molecule has 2 aromatic heterocycles. The van der Waals surface area contributed by atoms with Crippen molar-refractivity contribution < 1.29 is 72.4 Å². The van der Waals surface area contributed by atoms with Crippen LogP contribution >= 0.6 is 15.6 Å². The molecule has 38 heavy (non-hydrogen) atoms. The highest BCUT2D eigenvalue weighted by Crippen LogP contribution is 2.60. The molecule has 0 spiro atoms. The van der Waals surface area contributed by atoms with Gasteiger partial charge in [0, 0.05) is 0 Å². The summed E-state index contributed by atoms with van der Waals surface area (Å²) in [4.78, 5) is 31.4. The Morgan fingerprint density at radius 1 is 0.842 bits per heavy atom. The van der Waals surface area contributed by atoms with Gasteiger partial charge in [-0.05, 0) is 0 Å². The lowest BCUT2D eigenvalue weighted by molar-refractivity contribution is -0.285. The van der Waals surface area contributed by atoms with Gasteiger partial charge in [0.1, 0.15) is 54.6 Å². The number of aliphatic hydroxyl groups is 6. The highest BCUT2D eigenvalue weighted by atomic mass is 31.3. The predicted octanol–water partition coefficient (Wildman–Crippen LogP) is -3.92. The van der Waals surface area contributed by atoms with Crippen molar-refractivity contribution in [3.63, 3.8) is 0 Å². The van der Waals surface area contributed by atoms with E-state index in [-0.39, 0.29) is 17.0 Å². The summed E-state index contributed by atoms with van der Waals surface area (Å²) in [7, 11) is -10.7. The average molecular weight is 589 g/mol. The second kappa shape index (κ2) is 11.0. The number of anilines is 1. The number of rotatable bonds is 9. The molecule has 3 unspecified atom stereocenters. The maximum absolute atomic E-state index is 12.2. The minimum absolute atomic E-state index is 0.0465. The smallest absolute Gasteiger partial charge is 0.387 e. The molecule has 20 nitrogen and oxygen atoms in total. The summed E-state index contributed by atoms with van der Waals surface area (Å²) in [5.74, 6) is 0.0465. The van der Waals surface area contributed by atoms with Crippen molar-refractivity contribution in [3.05, 3.63) is 12.7 Å². The van der Waals surface area contributed by atoms with Gasteiger partial charge in [0.25, 0.3) is 0 Å². The predicted molar refractivity (Wildman–Crippen MR) is 117 cm³/mol. The van der Waals surface area contributed by atoms with Crippen molar-refractivity contribution in [2.45, 2.75) is 55.2 Å². The number of aliphatic hydroxyl groups excluding tert-OH is 6. The Hall–Kier alpha value is -1.71. The number of hydrogen-bond donors (Lipinski definition) is 9. The Labute approximate surface area is 212 Å². The Morgan fingerprint density at radius 3 is 2.05 bits per heavy atom. The zero-order valence-electron chi connectivity index (χ0n) is 19.0. The average Bonchev–Trinajstić information content (AvgIpc) is 3.39. The minimum atomic E-state index is -5.38. The van der Waals surface area contributed by atoms with Gasteiger partial charge in [-0.3, -0.25) is 13.6 Å². The molecular formula is C16H25N5O15P2. The van der Waals surface area contributed by atoms with Crippen LogP contribution in [0.1, 0.15) is 6.23 Å². The zero-order chi connectivity index (χ0) is 28.0. The summed E-state index contributed by atoms with van der Waals surface area (Å²) in [6.45, 7) is -1.94. The van der Waals surface area contributed by atoms with Gasteiger partial charge in [-0.25, -0.2) is 24.1 Å². The molecule has 0 aromatic carbocycles. The van der Waals surface area contributed by atoms with E-state index in [4.69, 9.17) is 15.2 Å². The summed E-state index contributed by atoms with van der Waals surface area (Å²) in [5.41, 5.74) is 6.06. The van der Waals surface area contributed by atoms with Crippen molar-refractivity contribution in [3.8, 4) is 0 Å². The van der Waals surface area contributed by atoms with Gasteiger partial charge in [-0.15, -0.1) is 0 Å². The van der Waals surface area contributed by atoms with E-state index in [0.29, 0.717) is 0 Å². The van der Waals surface area contributed by atoms with Gasteiger partial charge in [0.05, 0.1) is 19.5 Å². The molecule has 0 amide bonds. The lowest BCUT2D eigenvalue weighted by Gasteiger charge is -2.38. The van der Waals surface area contributed by atoms with Crippen molar-refractivity contribution in [1.82, 2.24) is 19.5 Å². The molecule has 2 aliphatic heterocycles. The molecule has 0 saturated carbocycles. The van der Waals surface area contributed by atoms with Crippen LogP contribution in [-0.4, -0.2) is 122 Å². The molecule has 0 aliphatic carbocycles. The molecule has 2 saturated heterocycles. The number of hydrogen-bond acceptors (Lipinski definition) is 17. The Bertz CT molecular complexity index is 1240. The third-order valence-electron chi connectivity index (χ3n) is 5.70. The van der Waals surface area contributed by atoms with Crippen LogP contribution in [-0.2, 0) is 32.0 Å². The van der Waals surface area contributed by atoms with E-state index in [1.807, 2.05) is 0 Å². The SMILES string of the molecule is Nc1ncnc2c1ncn2[C@@H]1O[C@H](COP(=O)(O)OP(=O)(O)OC[C@@H]2OC(O)[C@H](O)[C@H](O)[C@H]2O)[C@@H](O)[C@H]1O. The molecule has 2 aromatic rings. The van der Waals surface area contributed by atoms with E-state index in [1.165, 1.54) is 10.9 Å². The number of nitrogens with two attached hydrogens (primary N) is 1. The van der Waals surface area contributed by atoms with Gasteiger partial charge < -0.3 is 55.6 Å². The maximum atomic E-state index is 12.2. The van der Waals surface area contributed by atoms with Crippen LogP contribution in [0.15, 0.2) is 12.7 Å². The first-order chi connectivity index (χ1) is 17.7. The molecule has 10 N–H and O–H groups in total. The second-order valence-electron chi connectivity index (χ2n) is 8.28. The molecule has 11 atom stereocenters. The Kier molecular flexibility index (Phi) is 8.51. The fourth-order valence-electron chi connectivity index (χ4n) is 3.73. The molecule has 0 radical (unpaired) electrons. The van der Waals surface area contributed by atoms with E-state index in [2.05, 4.69) is 28.3 Å². The van der Waals surface area contributed by atoms with Crippen molar-refractivity contribution >= 4 is 32.6 Å². The third kappa shape index (κ3) is 6.04. The highest BCUT2D eigenvalue weighted by molar-refractivity contribution is 7.61. The summed E-state index contributed by atoms with van der Waals surface area (Å²) in [5, 5.41) is 59.1. The normalized spacial score (nSPS) is 37.2. The molecule has 2 fully saturated rings. The fraction of sp³-hybridized carbons (Fsp3) is 0.688. The standard InChI is InChI=1S/C16H25N5O15P2/c17-13-7-14(19-3-18-13)21(4-20-7)15-11(25)9(23)5(34-15)1-32-37(28,29)36-38(30,31)33-2-6-8(22)10(24)12(26)16(27)35-6/h3-6,8-12,15-16,22-27H,1-2H2,(H,28,29)(H,30,31)(H2,17,18,19)/t5-,6+,8+,9-,10-,11-,12-,15-,16?/m1/s1. The zero-order valence-corrected chi connectivity index (χ0v) is 20.7. The van der Waals surface area contributed by atoms with E-state index in [1.54, 1.807) is 0 Å². The van der Waals surface area contributed by atoms with Gasteiger partial charge in [0.2, 0.25) is 0 Å². The second-order valence-corrected chi connectivity index (χ2v) is 11.3. The van der Waals surface area contributed by atoms with Gasteiger partial charge >= 0.3 is 15.6 Å². The number of imidazole rings is 1. The van der Waals surface area contributed by atoms with Crippen LogP contribution in [0.3, 0.4) is 0 Å². The lowest BCUT2D eigenvalue weighted by atomic mass is 10.00. The highest BCUT2D eigenvalue weighted by Gasteiger charge is 2.47. The van der Waals surface area contributed by atoms with Gasteiger partial charge in [-0.1, -0.05) is 0 Å². The molecular weight excluding hydrogens is 564 g/mol. The first kappa shape index (κ1) is 29.3. The number of aromatic nitrogens is 4. The number of fused-ring (bicyclic) bond motifs is 1.